The fourth-order valence-corrected chi connectivity index (χ4v) is 3.93. The Morgan fingerprint density at radius 2 is 2.03 bits per heavy atom. The van der Waals surface area contributed by atoms with E-state index in [4.69, 9.17) is 10.5 Å². The summed E-state index contributed by atoms with van der Waals surface area (Å²) in [4.78, 5) is 41.4. The third kappa shape index (κ3) is 6.05. The molecule has 0 aliphatic carbocycles. The molecule has 0 aliphatic rings. The largest absolute Gasteiger partial charge is 0.383 e. The molecule has 0 radical (unpaired) electrons. The van der Waals surface area contributed by atoms with Gasteiger partial charge in [-0.1, -0.05) is 24.7 Å². The topological polar surface area (TPSA) is 148 Å². The molecule has 0 bridgehead atoms. The lowest BCUT2D eigenvalue weighted by molar-refractivity contribution is 0.102. The zero-order valence-corrected chi connectivity index (χ0v) is 19.7. The molecule has 3 rings (SSSR count). The number of aromatic nitrogens is 4. The Morgan fingerprint density at radius 1 is 1.29 bits per heavy atom. The van der Waals surface area contributed by atoms with Gasteiger partial charge in [0.05, 0.1) is 13.2 Å². The van der Waals surface area contributed by atoms with E-state index in [1.54, 1.807) is 4.90 Å². The molecule has 1 amide bonds. The number of H-pyrrole nitrogens is 1. The highest BCUT2D eigenvalue weighted by atomic mass is 32.1. The molecule has 0 spiro atoms. The SMILES string of the molecule is CCCCn1c(N)c(N(CCOC)Cc2nnc(C(=O)Nc3ccc(F)cc3)s2)c(=O)[nH]c1=O. The van der Waals surface area contributed by atoms with Crippen molar-refractivity contribution < 1.29 is 13.9 Å². The Morgan fingerprint density at radius 3 is 2.71 bits per heavy atom. The van der Waals surface area contributed by atoms with Crippen LogP contribution in [0, 0.1) is 5.82 Å². The number of rotatable bonds is 11. The molecule has 1 aromatic carbocycles. The van der Waals surface area contributed by atoms with E-state index >= 15 is 0 Å². The van der Waals surface area contributed by atoms with Gasteiger partial charge in [-0.15, -0.1) is 10.2 Å². The molecular formula is C21H26FN7O4S. The van der Waals surface area contributed by atoms with Gasteiger partial charge in [0.15, 0.2) is 0 Å². The van der Waals surface area contributed by atoms with Crippen LogP contribution in [0.1, 0.15) is 34.6 Å². The van der Waals surface area contributed by atoms with E-state index in [0.29, 0.717) is 17.2 Å². The predicted octanol–water partition coefficient (Wildman–Crippen LogP) is 1.81. The molecular weight excluding hydrogens is 465 g/mol. The van der Waals surface area contributed by atoms with E-state index in [-0.39, 0.29) is 36.2 Å². The average molecular weight is 492 g/mol. The number of hydrogen-bond acceptors (Lipinski definition) is 9. The van der Waals surface area contributed by atoms with E-state index < -0.39 is 23.0 Å². The molecule has 11 nitrogen and oxygen atoms in total. The van der Waals surface area contributed by atoms with Crippen LogP contribution in [0.4, 0.5) is 21.6 Å². The van der Waals surface area contributed by atoms with Crippen molar-refractivity contribution in [2.75, 3.05) is 36.2 Å². The van der Waals surface area contributed by atoms with E-state index in [0.717, 1.165) is 24.2 Å². The van der Waals surface area contributed by atoms with Crippen molar-refractivity contribution in [2.24, 2.45) is 0 Å². The van der Waals surface area contributed by atoms with Crippen LogP contribution in [0.25, 0.3) is 0 Å². The third-order valence-electron chi connectivity index (χ3n) is 4.92. The van der Waals surface area contributed by atoms with Gasteiger partial charge < -0.3 is 20.7 Å². The molecule has 0 fully saturated rings. The Balaban J connectivity index is 1.85. The highest BCUT2D eigenvalue weighted by molar-refractivity contribution is 7.13. The van der Waals surface area contributed by atoms with Crippen molar-refractivity contribution in [3.63, 3.8) is 0 Å². The first-order valence-corrected chi connectivity index (χ1v) is 11.4. The fraction of sp³-hybridized carbons (Fsp3) is 0.381. The number of carbonyl (C=O) groups is 1. The highest BCUT2D eigenvalue weighted by Gasteiger charge is 2.21. The second-order valence-electron chi connectivity index (χ2n) is 7.37. The minimum absolute atomic E-state index is 0.0529. The van der Waals surface area contributed by atoms with E-state index in [1.165, 1.54) is 35.9 Å². The van der Waals surface area contributed by atoms with Crippen molar-refractivity contribution in [1.29, 1.82) is 0 Å². The quantitative estimate of drug-likeness (QED) is 0.368. The third-order valence-corrected chi connectivity index (χ3v) is 5.83. The number of methoxy groups -OCH3 is 1. The van der Waals surface area contributed by atoms with Gasteiger partial charge in [0.2, 0.25) is 5.01 Å². The van der Waals surface area contributed by atoms with Crippen molar-refractivity contribution in [3.8, 4) is 0 Å². The van der Waals surface area contributed by atoms with Gasteiger partial charge in [0, 0.05) is 25.9 Å². The summed E-state index contributed by atoms with van der Waals surface area (Å²) in [6.45, 7) is 3.04. The number of unbranched alkanes of at least 4 members (excludes halogenated alkanes) is 1. The summed E-state index contributed by atoms with van der Waals surface area (Å²) in [6.07, 6.45) is 1.57. The van der Waals surface area contributed by atoms with Gasteiger partial charge in [-0.2, -0.15) is 0 Å². The maximum atomic E-state index is 13.1. The number of anilines is 3. The number of halogens is 1. The Hall–Kier alpha value is -3.58. The number of ether oxygens (including phenoxy) is 1. The second kappa shape index (κ2) is 11.5. The molecule has 3 aromatic rings. The van der Waals surface area contributed by atoms with E-state index in [9.17, 15) is 18.8 Å². The minimum atomic E-state index is -0.620. The molecule has 13 heteroatoms. The van der Waals surface area contributed by atoms with Crippen molar-refractivity contribution in [2.45, 2.75) is 32.9 Å². The van der Waals surface area contributed by atoms with E-state index in [2.05, 4.69) is 20.5 Å². The van der Waals surface area contributed by atoms with Gasteiger partial charge in [-0.25, -0.2) is 9.18 Å². The molecule has 0 saturated carbocycles. The standard InChI is InChI=1S/C21H26FN7O4S/c1-3-4-9-29-17(23)16(18(30)25-21(29)32)28(10-11-33-2)12-15-26-27-20(34-15)19(31)24-14-7-5-13(22)6-8-14/h5-8H,3-4,9-12,23H2,1-2H3,(H,24,31)(H,25,30,32). The lowest BCUT2D eigenvalue weighted by atomic mass is 10.3. The number of aromatic amines is 1. The zero-order chi connectivity index (χ0) is 24.7. The molecule has 4 N–H and O–H groups in total. The van der Waals surface area contributed by atoms with Gasteiger partial charge in [0.25, 0.3) is 11.5 Å². The van der Waals surface area contributed by atoms with Crippen LogP contribution < -0.4 is 27.2 Å². The number of nitrogen functional groups attached to an aromatic ring is 1. The summed E-state index contributed by atoms with van der Waals surface area (Å²) in [5.41, 5.74) is 5.59. The van der Waals surface area contributed by atoms with Crippen molar-refractivity contribution in [3.05, 3.63) is 60.9 Å². The predicted molar refractivity (Wildman–Crippen MR) is 128 cm³/mol. The highest BCUT2D eigenvalue weighted by Crippen LogP contribution is 2.21. The van der Waals surface area contributed by atoms with Crippen LogP contribution in [-0.2, 0) is 17.8 Å². The van der Waals surface area contributed by atoms with Crippen molar-refractivity contribution >= 4 is 34.4 Å². The smallest absolute Gasteiger partial charge is 0.330 e. The molecule has 0 aliphatic heterocycles. The number of nitrogens with zero attached hydrogens (tertiary/aromatic N) is 4. The van der Waals surface area contributed by atoms with Crippen LogP contribution >= 0.6 is 11.3 Å². The normalized spacial score (nSPS) is 10.9. The van der Waals surface area contributed by atoms with E-state index in [1.807, 2.05) is 6.92 Å². The Kier molecular flexibility index (Phi) is 8.49. The van der Waals surface area contributed by atoms with Crippen LogP contribution in [0.3, 0.4) is 0 Å². The number of hydrogen-bond donors (Lipinski definition) is 3. The number of nitrogens with one attached hydrogen (secondary N) is 2. The van der Waals surface area contributed by atoms with Gasteiger partial charge in [0.1, 0.15) is 22.3 Å². The zero-order valence-electron chi connectivity index (χ0n) is 18.8. The summed E-state index contributed by atoms with van der Waals surface area (Å²) in [7, 11) is 1.52. The summed E-state index contributed by atoms with van der Waals surface area (Å²) in [5.74, 6) is -0.857. The molecule has 0 saturated heterocycles. The van der Waals surface area contributed by atoms with Crippen molar-refractivity contribution in [1.82, 2.24) is 19.7 Å². The van der Waals surface area contributed by atoms with Gasteiger partial charge in [-0.05, 0) is 30.7 Å². The Bertz CT molecular complexity index is 1240. The van der Waals surface area contributed by atoms with Crippen LogP contribution in [0.2, 0.25) is 0 Å². The first kappa shape index (κ1) is 25.1. The number of benzene rings is 1. The van der Waals surface area contributed by atoms with Crippen LogP contribution in [0.5, 0.6) is 0 Å². The maximum absolute atomic E-state index is 13.1. The average Bonchev–Trinajstić information content (AvgIpc) is 3.27. The summed E-state index contributed by atoms with van der Waals surface area (Å²) < 4.78 is 19.6. The summed E-state index contributed by atoms with van der Waals surface area (Å²) >= 11 is 1.04. The first-order chi connectivity index (χ1) is 16.3. The molecule has 0 unspecified atom stereocenters. The molecule has 2 aromatic heterocycles. The summed E-state index contributed by atoms with van der Waals surface area (Å²) in [6, 6.07) is 5.34. The molecule has 2 heterocycles. The van der Waals surface area contributed by atoms with Crippen LogP contribution in [-0.4, -0.2) is 45.9 Å². The lowest BCUT2D eigenvalue weighted by Gasteiger charge is -2.25. The number of nitrogens with two attached hydrogens (primary N) is 1. The van der Waals surface area contributed by atoms with Gasteiger partial charge >= 0.3 is 5.69 Å². The molecule has 0 atom stereocenters. The van der Waals surface area contributed by atoms with Crippen LogP contribution in [0.15, 0.2) is 33.9 Å². The molecule has 182 valence electrons. The molecule has 34 heavy (non-hydrogen) atoms. The van der Waals surface area contributed by atoms with Gasteiger partial charge in [-0.3, -0.25) is 19.1 Å². The lowest BCUT2D eigenvalue weighted by Crippen LogP contribution is -2.39. The number of carbonyl (C=O) groups excluding carboxylic acids is 1. The monoisotopic (exact) mass is 491 g/mol. The minimum Gasteiger partial charge on any atom is -0.383 e. The first-order valence-electron chi connectivity index (χ1n) is 10.6. The summed E-state index contributed by atoms with van der Waals surface area (Å²) in [5, 5.41) is 11.2. The number of amides is 1. The fourth-order valence-electron chi connectivity index (χ4n) is 3.18. The second-order valence-corrected chi connectivity index (χ2v) is 8.44. The maximum Gasteiger partial charge on any atom is 0.330 e. The Labute approximate surface area is 198 Å².